The Balaban J connectivity index is 2.26. The van der Waals surface area contributed by atoms with Crippen molar-refractivity contribution in [1.29, 1.82) is 0 Å². The van der Waals surface area contributed by atoms with Gasteiger partial charge in [-0.05, 0) is 30.7 Å². The summed E-state index contributed by atoms with van der Waals surface area (Å²) in [5.41, 5.74) is 5.01. The molecule has 0 bridgehead atoms. The number of benzene rings is 1. The van der Waals surface area contributed by atoms with Crippen LogP contribution in [0.4, 0.5) is 0 Å². The van der Waals surface area contributed by atoms with Gasteiger partial charge in [0.05, 0.1) is 18.9 Å². The van der Waals surface area contributed by atoms with Gasteiger partial charge in [0.2, 0.25) is 0 Å². The lowest BCUT2D eigenvalue weighted by Crippen LogP contribution is -2.29. The molecule has 0 aliphatic heterocycles. The molecule has 4 heteroatoms. The van der Waals surface area contributed by atoms with Crippen LogP contribution in [0, 0.1) is 0 Å². The van der Waals surface area contributed by atoms with Gasteiger partial charge in [-0.3, -0.25) is 5.84 Å². The van der Waals surface area contributed by atoms with E-state index in [-0.39, 0.29) is 6.04 Å². The molecule has 3 N–H and O–H groups in total. The number of rotatable bonds is 6. The molecule has 0 saturated heterocycles. The molecule has 0 aliphatic rings. The van der Waals surface area contributed by atoms with E-state index in [0.29, 0.717) is 6.61 Å². The zero-order chi connectivity index (χ0) is 13.7. The molecule has 2 rings (SSSR count). The van der Waals surface area contributed by atoms with Crippen molar-refractivity contribution in [2.75, 3.05) is 6.61 Å². The van der Waals surface area contributed by atoms with Crippen molar-refractivity contribution in [1.82, 2.24) is 5.43 Å². The highest BCUT2D eigenvalue weighted by atomic mass is 16.5. The van der Waals surface area contributed by atoms with Crippen molar-refractivity contribution in [3.05, 3.63) is 53.5 Å². The van der Waals surface area contributed by atoms with Gasteiger partial charge in [-0.2, -0.15) is 0 Å². The van der Waals surface area contributed by atoms with Crippen molar-refractivity contribution >= 4 is 0 Å². The van der Waals surface area contributed by atoms with Gasteiger partial charge in [0.1, 0.15) is 11.5 Å². The number of hydrogen-bond donors (Lipinski definition) is 2. The van der Waals surface area contributed by atoms with E-state index in [1.807, 2.05) is 37.3 Å². The van der Waals surface area contributed by atoms with E-state index in [0.717, 1.165) is 29.1 Å². The van der Waals surface area contributed by atoms with E-state index in [1.165, 1.54) is 0 Å². The number of ether oxygens (including phenoxy) is 1. The first-order valence-electron chi connectivity index (χ1n) is 6.55. The molecular weight excluding hydrogens is 240 g/mol. The molecule has 0 radical (unpaired) electrons. The largest absolute Gasteiger partial charge is 0.494 e. The number of furan rings is 1. The summed E-state index contributed by atoms with van der Waals surface area (Å²) >= 11 is 0. The topological polar surface area (TPSA) is 60.4 Å². The van der Waals surface area contributed by atoms with Gasteiger partial charge in [0, 0.05) is 12.0 Å². The number of hydrogen-bond acceptors (Lipinski definition) is 4. The molecule has 0 saturated carbocycles. The molecule has 4 nitrogen and oxygen atoms in total. The van der Waals surface area contributed by atoms with Crippen LogP contribution in [0.2, 0.25) is 0 Å². The molecule has 2 aromatic rings. The van der Waals surface area contributed by atoms with E-state index in [4.69, 9.17) is 15.0 Å². The molecule has 0 spiro atoms. The summed E-state index contributed by atoms with van der Waals surface area (Å²) in [5, 5.41) is 0. The normalized spacial score (nSPS) is 12.4. The van der Waals surface area contributed by atoms with Crippen LogP contribution in [-0.4, -0.2) is 6.61 Å². The lowest BCUT2D eigenvalue weighted by molar-refractivity contribution is 0.340. The highest BCUT2D eigenvalue weighted by Crippen LogP contribution is 2.27. The standard InChI is InChI=1S/C15H20N2O2/c1-3-14-13(9-10-19-14)15(17-16)11-5-7-12(8-6-11)18-4-2/h5-10,15,17H,3-4,16H2,1-2H3. The van der Waals surface area contributed by atoms with Gasteiger partial charge in [-0.1, -0.05) is 19.1 Å². The Kier molecular flexibility index (Phi) is 4.60. The van der Waals surface area contributed by atoms with Gasteiger partial charge < -0.3 is 9.15 Å². The second-order valence-electron chi connectivity index (χ2n) is 4.25. The predicted molar refractivity (Wildman–Crippen MR) is 74.9 cm³/mol. The van der Waals surface area contributed by atoms with Gasteiger partial charge in [-0.15, -0.1) is 0 Å². The predicted octanol–water partition coefficient (Wildman–Crippen LogP) is 2.79. The molecule has 1 aromatic heterocycles. The quantitative estimate of drug-likeness (QED) is 0.619. The Morgan fingerprint density at radius 1 is 1.21 bits per heavy atom. The molecule has 102 valence electrons. The second kappa shape index (κ2) is 6.41. The monoisotopic (exact) mass is 260 g/mol. The highest BCUT2D eigenvalue weighted by molar-refractivity contribution is 5.36. The zero-order valence-electron chi connectivity index (χ0n) is 11.3. The van der Waals surface area contributed by atoms with Crippen LogP contribution in [0.1, 0.15) is 36.8 Å². The fraction of sp³-hybridized carbons (Fsp3) is 0.333. The average Bonchev–Trinajstić information content (AvgIpc) is 2.90. The molecule has 1 unspecified atom stereocenters. The summed E-state index contributed by atoms with van der Waals surface area (Å²) in [5.74, 6) is 7.51. The van der Waals surface area contributed by atoms with Crippen LogP contribution >= 0.6 is 0 Å². The number of aryl methyl sites for hydroxylation is 1. The summed E-state index contributed by atoms with van der Waals surface area (Å²) in [6, 6.07) is 9.83. The Morgan fingerprint density at radius 3 is 2.53 bits per heavy atom. The third kappa shape index (κ3) is 2.97. The molecule has 0 amide bonds. The van der Waals surface area contributed by atoms with Crippen LogP contribution in [0.25, 0.3) is 0 Å². The van der Waals surface area contributed by atoms with Crippen molar-refractivity contribution in [3.8, 4) is 5.75 Å². The van der Waals surface area contributed by atoms with Crippen molar-refractivity contribution in [2.24, 2.45) is 5.84 Å². The molecule has 0 fully saturated rings. The Bertz CT molecular complexity index is 505. The van der Waals surface area contributed by atoms with Crippen LogP contribution in [0.5, 0.6) is 5.75 Å². The number of hydrazine groups is 1. The van der Waals surface area contributed by atoms with E-state index < -0.39 is 0 Å². The Morgan fingerprint density at radius 2 is 1.95 bits per heavy atom. The fourth-order valence-electron chi connectivity index (χ4n) is 2.18. The minimum Gasteiger partial charge on any atom is -0.494 e. The number of nitrogens with two attached hydrogens (primary N) is 1. The molecule has 1 heterocycles. The van der Waals surface area contributed by atoms with E-state index >= 15 is 0 Å². The van der Waals surface area contributed by atoms with Gasteiger partial charge in [0.15, 0.2) is 0 Å². The van der Waals surface area contributed by atoms with E-state index in [1.54, 1.807) is 6.26 Å². The van der Waals surface area contributed by atoms with Gasteiger partial charge in [-0.25, -0.2) is 5.43 Å². The van der Waals surface area contributed by atoms with Crippen LogP contribution in [-0.2, 0) is 6.42 Å². The third-order valence-electron chi connectivity index (χ3n) is 3.10. The van der Waals surface area contributed by atoms with Crippen LogP contribution < -0.4 is 16.0 Å². The molecule has 1 aromatic carbocycles. The summed E-state index contributed by atoms with van der Waals surface area (Å²) in [4.78, 5) is 0. The lowest BCUT2D eigenvalue weighted by Gasteiger charge is -2.16. The summed E-state index contributed by atoms with van der Waals surface area (Å²) in [6.45, 7) is 4.70. The second-order valence-corrected chi connectivity index (χ2v) is 4.25. The highest BCUT2D eigenvalue weighted by Gasteiger charge is 2.17. The maximum Gasteiger partial charge on any atom is 0.119 e. The van der Waals surface area contributed by atoms with E-state index in [9.17, 15) is 0 Å². The maximum atomic E-state index is 5.69. The van der Waals surface area contributed by atoms with Gasteiger partial charge in [0.25, 0.3) is 0 Å². The third-order valence-corrected chi connectivity index (χ3v) is 3.10. The number of nitrogens with one attached hydrogen (secondary N) is 1. The Hall–Kier alpha value is -1.78. The molecule has 1 atom stereocenters. The SMILES string of the molecule is CCOc1ccc(C(NN)c2ccoc2CC)cc1. The Labute approximate surface area is 113 Å². The molecule has 19 heavy (non-hydrogen) atoms. The van der Waals surface area contributed by atoms with Crippen molar-refractivity contribution < 1.29 is 9.15 Å². The maximum absolute atomic E-state index is 5.69. The van der Waals surface area contributed by atoms with Crippen LogP contribution in [0.15, 0.2) is 41.0 Å². The minimum absolute atomic E-state index is 0.0654. The van der Waals surface area contributed by atoms with Crippen molar-refractivity contribution in [2.45, 2.75) is 26.3 Å². The first kappa shape index (κ1) is 13.6. The fourth-order valence-corrected chi connectivity index (χ4v) is 2.18. The summed E-state index contributed by atoms with van der Waals surface area (Å²) < 4.78 is 10.9. The smallest absolute Gasteiger partial charge is 0.119 e. The minimum atomic E-state index is -0.0654. The average molecular weight is 260 g/mol. The zero-order valence-corrected chi connectivity index (χ0v) is 11.3. The van der Waals surface area contributed by atoms with Crippen LogP contribution in [0.3, 0.4) is 0 Å². The molecular formula is C15H20N2O2. The first-order chi connectivity index (χ1) is 9.30. The first-order valence-corrected chi connectivity index (χ1v) is 6.55. The molecule has 0 aliphatic carbocycles. The summed E-state index contributed by atoms with van der Waals surface area (Å²) in [7, 11) is 0. The van der Waals surface area contributed by atoms with E-state index in [2.05, 4.69) is 12.3 Å². The van der Waals surface area contributed by atoms with Crippen molar-refractivity contribution in [3.63, 3.8) is 0 Å². The van der Waals surface area contributed by atoms with Gasteiger partial charge >= 0.3 is 0 Å². The lowest BCUT2D eigenvalue weighted by atomic mass is 9.99. The summed E-state index contributed by atoms with van der Waals surface area (Å²) in [6.07, 6.45) is 2.55.